The van der Waals surface area contributed by atoms with Crippen molar-refractivity contribution in [1.29, 1.82) is 0 Å². The maximum absolute atomic E-state index is 12.6. The highest BCUT2D eigenvalue weighted by Crippen LogP contribution is 2.34. The van der Waals surface area contributed by atoms with E-state index in [0.717, 1.165) is 5.56 Å². The number of furan rings is 1. The van der Waals surface area contributed by atoms with Gasteiger partial charge in [0, 0.05) is 16.1 Å². The number of amides is 1. The minimum absolute atomic E-state index is 0.231. The molecule has 4 rings (SSSR count). The average molecular weight is 500 g/mol. The second-order valence-electron chi connectivity index (χ2n) is 6.88. The van der Waals surface area contributed by atoms with Crippen LogP contribution in [0, 0.1) is 0 Å². The van der Waals surface area contributed by atoms with E-state index in [-0.39, 0.29) is 6.61 Å². The molecular weight excluding hydrogens is 483 g/mol. The van der Waals surface area contributed by atoms with E-state index in [0.29, 0.717) is 43.5 Å². The number of hydrogen-bond donors (Lipinski definition) is 1. The molecule has 1 amide bonds. The second-order valence-corrected chi connectivity index (χ2v) is 8.07. The highest BCUT2D eigenvalue weighted by atomic mass is 35.5. The Bertz CT molecular complexity index is 1320. The number of carbonyl (C=O) groups is 1. The zero-order valence-corrected chi connectivity index (χ0v) is 19.4. The molecule has 1 heterocycles. The van der Waals surface area contributed by atoms with Crippen LogP contribution in [0.5, 0.6) is 5.75 Å². The quantitative estimate of drug-likeness (QED) is 0.215. The van der Waals surface area contributed by atoms with Crippen LogP contribution in [0.15, 0.2) is 88.4 Å². The third kappa shape index (κ3) is 5.57. The molecule has 3 aromatic carbocycles. The van der Waals surface area contributed by atoms with Crippen LogP contribution in [0.3, 0.4) is 0 Å². The lowest BCUT2D eigenvalue weighted by Crippen LogP contribution is -2.18. The van der Waals surface area contributed by atoms with Gasteiger partial charge < -0.3 is 9.15 Å². The average Bonchev–Trinajstić information content (AvgIpc) is 3.29. The van der Waals surface area contributed by atoms with E-state index in [9.17, 15) is 4.79 Å². The van der Waals surface area contributed by atoms with Crippen LogP contribution in [0.4, 0.5) is 0 Å². The smallest absolute Gasteiger partial charge is 0.275 e. The monoisotopic (exact) mass is 498 g/mol. The lowest BCUT2D eigenvalue weighted by Gasteiger charge is -2.11. The van der Waals surface area contributed by atoms with E-state index in [2.05, 4.69) is 10.5 Å². The van der Waals surface area contributed by atoms with Gasteiger partial charge in [0.2, 0.25) is 0 Å². The molecule has 0 aliphatic heterocycles. The first-order valence-corrected chi connectivity index (χ1v) is 11.0. The first-order valence-electron chi connectivity index (χ1n) is 9.86. The molecule has 0 unspecified atom stereocenters. The van der Waals surface area contributed by atoms with Crippen LogP contribution in [0.25, 0.3) is 11.3 Å². The lowest BCUT2D eigenvalue weighted by atomic mass is 10.2. The van der Waals surface area contributed by atoms with Gasteiger partial charge in [0.1, 0.15) is 23.9 Å². The van der Waals surface area contributed by atoms with Crippen LogP contribution >= 0.6 is 34.8 Å². The van der Waals surface area contributed by atoms with Gasteiger partial charge in [-0.1, -0.05) is 71.2 Å². The Morgan fingerprint density at radius 2 is 1.67 bits per heavy atom. The number of nitrogens with zero attached hydrogens (tertiary/aromatic N) is 1. The molecule has 166 valence electrons. The molecular formula is C25H17Cl3N2O3. The van der Waals surface area contributed by atoms with Crippen LogP contribution < -0.4 is 10.2 Å². The molecule has 1 N–H and O–H groups in total. The van der Waals surface area contributed by atoms with Gasteiger partial charge in [0.25, 0.3) is 5.91 Å². The molecule has 0 saturated heterocycles. The fourth-order valence-electron chi connectivity index (χ4n) is 3.03. The van der Waals surface area contributed by atoms with Gasteiger partial charge in [0.05, 0.1) is 21.8 Å². The summed E-state index contributed by atoms with van der Waals surface area (Å²) >= 11 is 18.5. The minimum Gasteiger partial charge on any atom is -0.488 e. The number of hydrogen-bond acceptors (Lipinski definition) is 4. The summed E-state index contributed by atoms with van der Waals surface area (Å²) in [6.07, 6.45) is 1.40. The molecule has 4 aromatic rings. The van der Waals surface area contributed by atoms with Crippen molar-refractivity contribution in [3.05, 3.63) is 111 Å². The van der Waals surface area contributed by atoms with Crippen LogP contribution in [0.2, 0.25) is 15.1 Å². The van der Waals surface area contributed by atoms with Crippen molar-refractivity contribution in [3.63, 3.8) is 0 Å². The van der Waals surface area contributed by atoms with Crippen molar-refractivity contribution < 1.29 is 13.9 Å². The number of rotatable bonds is 7. The van der Waals surface area contributed by atoms with Crippen molar-refractivity contribution in [2.24, 2.45) is 5.10 Å². The standard InChI is InChI=1S/C25H17Cl3N2O3/c26-20-9-3-1-6-16(20)15-32-22-11-4-2-7-19(22)25(31)30-29-14-17-12-13-23(33-17)18-8-5-10-21(27)24(18)28/h1-14H,15H2,(H,30,31)/b29-14+. The lowest BCUT2D eigenvalue weighted by molar-refractivity contribution is 0.0950. The van der Waals surface area contributed by atoms with Crippen molar-refractivity contribution in [3.8, 4) is 17.1 Å². The van der Waals surface area contributed by atoms with Crippen LogP contribution in [-0.4, -0.2) is 12.1 Å². The largest absolute Gasteiger partial charge is 0.488 e. The molecule has 1 aromatic heterocycles. The van der Waals surface area contributed by atoms with E-state index in [1.54, 1.807) is 60.7 Å². The Hall–Kier alpha value is -3.25. The highest BCUT2D eigenvalue weighted by Gasteiger charge is 2.13. The number of halogens is 3. The van der Waals surface area contributed by atoms with Gasteiger partial charge in [-0.25, -0.2) is 5.43 Å². The molecule has 0 aliphatic rings. The van der Waals surface area contributed by atoms with Crippen molar-refractivity contribution >= 4 is 46.9 Å². The Morgan fingerprint density at radius 1 is 0.909 bits per heavy atom. The SMILES string of the molecule is O=C(N/N=C/c1ccc(-c2cccc(Cl)c2Cl)o1)c1ccccc1OCc1ccccc1Cl. The predicted octanol–water partition coefficient (Wildman–Crippen LogP) is 7.25. The van der Waals surface area contributed by atoms with E-state index >= 15 is 0 Å². The summed E-state index contributed by atoms with van der Waals surface area (Å²) in [5.74, 6) is 0.963. The number of ether oxygens (including phenoxy) is 1. The molecule has 0 fully saturated rings. The first-order chi connectivity index (χ1) is 16.0. The van der Waals surface area contributed by atoms with E-state index < -0.39 is 5.91 Å². The maximum Gasteiger partial charge on any atom is 0.275 e. The van der Waals surface area contributed by atoms with Gasteiger partial charge in [-0.05, 0) is 42.5 Å². The van der Waals surface area contributed by atoms with E-state index in [1.165, 1.54) is 6.21 Å². The van der Waals surface area contributed by atoms with Crippen molar-refractivity contribution in [2.45, 2.75) is 6.61 Å². The van der Waals surface area contributed by atoms with Crippen LogP contribution in [-0.2, 0) is 6.61 Å². The Kier molecular flexibility index (Phi) is 7.35. The number of nitrogens with one attached hydrogen (secondary N) is 1. The predicted molar refractivity (Wildman–Crippen MR) is 131 cm³/mol. The molecule has 8 heteroatoms. The molecule has 0 radical (unpaired) electrons. The van der Waals surface area contributed by atoms with Crippen molar-refractivity contribution in [1.82, 2.24) is 5.43 Å². The number of carbonyl (C=O) groups excluding carboxylic acids is 1. The van der Waals surface area contributed by atoms with Gasteiger partial charge in [0.15, 0.2) is 0 Å². The number of benzene rings is 3. The Balaban J connectivity index is 1.42. The zero-order valence-electron chi connectivity index (χ0n) is 17.1. The second kappa shape index (κ2) is 10.6. The third-order valence-corrected chi connectivity index (χ3v) is 5.86. The number of para-hydroxylation sites is 1. The fraction of sp³-hybridized carbons (Fsp3) is 0.0400. The Labute approximate surface area is 205 Å². The molecule has 0 bridgehead atoms. The maximum atomic E-state index is 12.6. The Morgan fingerprint density at radius 3 is 2.52 bits per heavy atom. The summed E-state index contributed by atoms with van der Waals surface area (Å²) in [6.45, 7) is 0.231. The van der Waals surface area contributed by atoms with Crippen molar-refractivity contribution in [2.75, 3.05) is 0 Å². The summed E-state index contributed by atoms with van der Waals surface area (Å²) in [7, 11) is 0. The first kappa shape index (κ1) is 22.9. The summed E-state index contributed by atoms with van der Waals surface area (Å²) < 4.78 is 11.6. The fourth-order valence-corrected chi connectivity index (χ4v) is 3.61. The summed E-state index contributed by atoms with van der Waals surface area (Å²) in [4.78, 5) is 12.6. The molecule has 0 aliphatic carbocycles. The molecule has 33 heavy (non-hydrogen) atoms. The molecule has 5 nitrogen and oxygen atoms in total. The normalized spacial score (nSPS) is 11.0. The van der Waals surface area contributed by atoms with E-state index in [1.807, 2.05) is 18.2 Å². The summed E-state index contributed by atoms with van der Waals surface area (Å²) in [5, 5.41) is 5.42. The number of hydrazone groups is 1. The highest BCUT2D eigenvalue weighted by molar-refractivity contribution is 6.43. The van der Waals surface area contributed by atoms with Gasteiger partial charge in [-0.2, -0.15) is 5.10 Å². The third-order valence-electron chi connectivity index (χ3n) is 4.67. The molecule has 0 atom stereocenters. The van der Waals surface area contributed by atoms with E-state index in [4.69, 9.17) is 44.0 Å². The van der Waals surface area contributed by atoms with Gasteiger partial charge >= 0.3 is 0 Å². The van der Waals surface area contributed by atoms with Gasteiger partial charge in [-0.3, -0.25) is 4.79 Å². The zero-order chi connectivity index (χ0) is 23.2. The summed E-state index contributed by atoms with van der Waals surface area (Å²) in [6, 6.07) is 23.0. The minimum atomic E-state index is -0.425. The molecule has 0 spiro atoms. The molecule has 0 saturated carbocycles. The van der Waals surface area contributed by atoms with Crippen LogP contribution in [0.1, 0.15) is 21.7 Å². The topological polar surface area (TPSA) is 63.8 Å². The summed E-state index contributed by atoms with van der Waals surface area (Å²) in [5.41, 5.74) is 4.31. The van der Waals surface area contributed by atoms with Gasteiger partial charge in [-0.15, -0.1) is 0 Å².